The van der Waals surface area contributed by atoms with Crippen molar-refractivity contribution in [2.45, 2.75) is 12.8 Å². The molecule has 2 heterocycles. The predicted octanol–water partition coefficient (Wildman–Crippen LogP) is 5.31. The third-order valence-corrected chi connectivity index (χ3v) is 4.50. The molecule has 0 saturated heterocycles. The lowest BCUT2D eigenvalue weighted by atomic mass is 10.3. The summed E-state index contributed by atoms with van der Waals surface area (Å²) in [6, 6.07) is 14.6. The second kappa shape index (κ2) is 7.63. The maximum atomic E-state index is 13.2. The van der Waals surface area contributed by atoms with Gasteiger partial charge < -0.3 is 9.30 Å². The van der Waals surface area contributed by atoms with Gasteiger partial charge >= 0.3 is 6.18 Å². The van der Waals surface area contributed by atoms with Crippen LogP contribution in [-0.4, -0.2) is 19.3 Å². The summed E-state index contributed by atoms with van der Waals surface area (Å²) in [6.45, 7) is -0.112. The number of rotatable bonds is 5. The Bertz CT molecular complexity index is 1110. The van der Waals surface area contributed by atoms with Gasteiger partial charge in [0.1, 0.15) is 12.4 Å². The number of hydrogen-bond acceptors (Lipinski definition) is 3. The first-order valence-electron chi connectivity index (χ1n) is 8.54. The highest BCUT2D eigenvalue weighted by Crippen LogP contribution is 2.31. The van der Waals surface area contributed by atoms with Crippen LogP contribution in [0.15, 0.2) is 73.3 Å². The highest BCUT2D eigenvalue weighted by atomic mass is 35.5. The number of nitrogens with zero attached hydrogens (tertiary/aromatic N) is 4. The fourth-order valence-corrected chi connectivity index (χ4v) is 2.99. The third kappa shape index (κ3) is 4.12. The lowest BCUT2D eigenvalue weighted by Crippen LogP contribution is -2.08. The van der Waals surface area contributed by atoms with Crippen LogP contribution in [0.25, 0.3) is 11.4 Å². The molecular weight excluding hydrogens is 405 g/mol. The van der Waals surface area contributed by atoms with Crippen molar-refractivity contribution in [2.24, 2.45) is 0 Å². The van der Waals surface area contributed by atoms with Crippen molar-refractivity contribution in [3.8, 4) is 17.1 Å². The number of imidazole rings is 1. The van der Waals surface area contributed by atoms with Crippen molar-refractivity contribution in [1.29, 1.82) is 0 Å². The molecule has 29 heavy (non-hydrogen) atoms. The summed E-state index contributed by atoms with van der Waals surface area (Å²) in [5, 5.41) is 3.98. The van der Waals surface area contributed by atoms with E-state index in [2.05, 4.69) is 10.1 Å². The number of alkyl halides is 3. The van der Waals surface area contributed by atoms with Gasteiger partial charge in [0.05, 0.1) is 22.7 Å². The summed E-state index contributed by atoms with van der Waals surface area (Å²) in [5.74, 6) is 0.509. The number of halogens is 4. The van der Waals surface area contributed by atoms with Gasteiger partial charge in [0.2, 0.25) is 0 Å². The van der Waals surface area contributed by atoms with Crippen LogP contribution in [0.5, 0.6) is 5.75 Å². The maximum absolute atomic E-state index is 13.2. The monoisotopic (exact) mass is 418 g/mol. The number of ether oxygens (including phenoxy) is 1. The minimum Gasteiger partial charge on any atom is -0.487 e. The van der Waals surface area contributed by atoms with Gasteiger partial charge in [-0.2, -0.15) is 18.3 Å². The second-order valence-corrected chi connectivity index (χ2v) is 6.54. The highest BCUT2D eigenvalue weighted by Gasteiger charge is 2.35. The van der Waals surface area contributed by atoms with Gasteiger partial charge in [0.25, 0.3) is 0 Å². The minimum atomic E-state index is -4.58. The Morgan fingerprint density at radius 2 is 1.79 bits per heavy atom. The molecule has 0 aliphatic carbocycles. The van der Waals surface area contributed by atoms with Crippen molar-refractivity contribution >= 4 is 11.6 Å². The number of benzene rings is 2. The molecule has 0 bridgehead atoms. The van der Waals surface area contributed by atoms with Crippen molar-refractivity contribution in [3.05, 3.63) is 89.7 Å². The average molecular weight is 419 g/mol. The molecule has 0 fully saturated rings. The largest absolute Gasteiger partial charge is 0.487 e. The molecule has 5 nitrogen and oxygen atoms in total. The molecule has 2 aromatic carbocycles. The van der Waals surface area contributed by atoms with E-state index in [4.69, 9.17) is 16.3 Å². The van der Waals surface area contributed by atoms with E-state index < -0.39 is 11.9 Å². The van der Waals surface area contributed by atoms with Gasteiger partial charge in [-0.25, -0.2) is 9.67 Å². The van der Waals surface area contributed by atoms with E-state index in [0.29, 0.717) is 11.4 Å². The molecule has 0 amide bonds. The lowest BCUT2D eigenvalue weighted by molar-refractivity contribution is -0.141. The Hall–Kier alpha value is -3.26. The van der Waals surface area contributed by atoms with E-state index >= 15 is 0 Å². The first-order valence-corrected chi connectivity index (χ1v) is 8.92. The third-order valence-electron chi connectivity index (χ3n) is 4.18. The van der Waals surface area contributed by atoms with Gasteiger partial charge in [0.15, 0.2) is 5.69 Å². The topological polar surface area (TPSA) is 44.9 Å². The zero-order valence-electron chi connectivity index (χ0n) is 14.8. The molecule has 2 aromatic heterocycles. The van der Waals surface area contributed by atoms with Gasteiger partial charge in [0, 0.05) is 18.1 Å². The van der Waals surface area contributed by atoms with Crippen molar-refractivity contribution in [1.82, 2.24) is 19.3 Å². The summed E-state index contributed by atoms with van der Waals surface area (Å²) in [4.78, 5) is 3.98. The normalized spacial score (nSPS) is 11.6. The quantitative estimate of drug-likeness (QED) is 0.441. The molecule has 0 atom stereocenters. The van der Waals surface area contributed by atoms with E-state index in [1.165, 1.54) is 0 Å². The van der Waals surface area contributed by atoms with E-state index in [9.17, 15) is 13.2 Å². The van der Waals surface area contributed by atoms with Crippen LogP contribution < -0.4 is 4.74 Å². The number of para-hydroxylation sites is 1. The molecule has 0 radical (unpaired) electrons. The number of aromatic nitrogens is 4. The van der Waals surface area contributed by atoms with Crippen LogP contribution in [0.2, 0.25) is 5.02 Å². The summed E-state index contributed by atoms with van der Waals surface area (Å²) < 4.78 is 48.2. The average Bonchev–Trinajstić information content (AvgIpc) is 3.37. The summed E-state index contributed by atoms with van der Waals surface area (Å²) in [5.41, 5.74) is 0.449. The first-order chi connectivity index (χ1) is 13.9. The molecule has 0 unspecified atom stereocenters. The molecule has 0 saturated carbocycles. The Labute approximate surface area is 168 Å². The zero-order chi connectivity index (χ0) is 20.4. The summed E-state index contributed by atoms with van der Waals surface area (Å²) in [6.07, 6.45) is 0.555. The molecule has 148 valence electrons. The molecule has 0 aliphatic heterocycles. The Morgan fingerprint density at radius 1 is 1.03 bits per heavy atom. The molecule has 0 aliphatic rings. The van der Waals surface area contributed by atoms with E-state index in [1.807, 2.05) is 16.7 Å². The van der Waals surface area contributed by atoms with Crippen molar-refractivity contribution in [3.63, 3.8) is 0 Å². The summed E-state index contributed by atoms with van der Waals surface area (Å²) >= 11 is 6.15. The molecule has 9 heteroatoms. The van der Waals surface area contributed by atoms with Crippen LogP contribution in [-0.2, 0) is 12.8 Å². The summed E-state index contributed by atoms with van der Waals surface area (Å²) in [7, 11) is 0. The fourth-order valence-electron chi connectivity index (χ4n) is 2.78. The standard InChI is InChI=1S/C20H14ClF3N4O/c21-17-3-1-2-4-18(17)28-15(11-19(26-28)20(22,23)24)12-29-16-7-5-14(6-8-16)27-10-9-25-13-27/h1-11,13H,12H2. The second-order valence-electron chi connectivity index (χ2n) is 6.13. The van der Waals surface area contributed by atoms with Crippen LogP contribution in [0.4, 0.5) is 13.2 Å². The molecular formula is C20H14ClF3N4O. The minimum absolute atomic E-state index is 0.112. The zero-order valence-corrected chi connectivity index (χ0v) is 15.6. The van der Waals surface area contributed by atoms with Crippen LogP contribution in [0, 0.1) is 0 Å². The molecule has 0 N–H and O–H groups in total. The van der Waals surface area contributed by atoms with E-state index in [0.717, 1.165) is 16.4 Å². The Balaban J connectivity index is 1.59. The maximum Gasteiger partial charge on any atom is 0.435 e. The van der Waals surface area contributed by atoms with Gasteiger partial charge in [-0.1, -0.05) is 23.7 Å². The van der Waals surface area contributed by atoms with Gasteiger partial charge in [-0.15, -0.1) is 0 Å². The van der Waals surface area contributed by atoms with Gasteiger partial charge in [-0.05, 0) is 42.5 Å². The van der Waals surface area contributed by atoms with Crippen LogP contribution in [0.3, 0.4) is 0 Å². The lowest BCUT2D eigenvalue weighted by Gasteiger charge is -2.11. The molecule has 4 aromatic rings. The predicted molar refractivity (Wildman–Crippen MR) is 101 cm³/mol. The fraction of sp³-hybridized carbons (Fsp3) is 0.100. The van der Waals surface area contributed by atoms with Crippen molar-refractivity contribution < 1.29 is 17.9 Å². The Morgan fingerprint density at radius 3 is 2.45 bits per heavy atom. The van der Waals surface area contributed by atoms with Crippen LogP contribution in [0.1, 0.15) is 11.4 Å². The number of hydrogen-bond donors (Lipinski definition) is 0. The molecule has 0 spiro atoms. The first kappa shape index (κ1) is 19.1. The smallest absolute Gasteiger partial charge is 0.435 e. The molecule has 4 rings (SSSR count). The van der Waals surface area contributed by atoms with Crippen LogP contribution >= 0.6 is 11.6 Å². The SMILES string of the molecule is FC(F)(F)c1cc(COc2ccc(-n3ccnc3)cc2)n(-c2ccccc2Cl)n1. The van der Waals surface area contributed by atoms with E-state index in [1.54, 1.807) is 55.1 Å². The Kier molecular flexibility index (Phi) is 5.02. The van der Waals surface area contributed by atoms with Gasteiger partial charge in [-0.3, -0.25) is 0 Å². The highest BCUT2D eigenvalue weighted by molar-refractivity contribution is 6.32. The van der Waals surface area contributed by atoms with E-state index in [-0.39, 0.29) is 17.3 Å². The van der Waals surface area contributed by atoms with Crippen molar-refractivity contribution in [2.75, 3.05) is 0 Å².